The van der Waals surface area contributed by atoms with Gasteiger partial charge in [-0.3, -0.25) is 4.99 Å². The van der Waals surface area contributed by atoms with Crippen molar-refractivity contribution in [2.75, 3.05) is 0 Å². The van der Waals surface area contributed by atoms with Crippen LogP contribution in [-0.2, 0) is 45.7 Å². The van der Waals surface area contributed by atoms with E-state index in [-0.39, 0.29) is 52.9 Å². The van der Waals surface area contributed by atoms with Crippen molar-refractivity contribution >= 4 is 42.8 Å². The summed E-state index contributed by atoms with van der Waals surface area (Å²) in [6.45, 7) is 3.64. The predicted molar refractivity (Wildman–Crippen MR) is 341 cm³/mol. The summed E-state index contributed by atoms with van der Waals surface area (Å²) in [6, 6.07) is 76.9. The smallest absolute Gasteiger partial charge is 0.0498 e. The SMILES string of the molecule is CC(CCc1ccccc1)=NC1CCCCC1.[CH3-].[CH3-].[Zr].c1ccc(C[N-]C([N-]C2CCCCC2)P(c2ccccc2)c2ccccc2)cc1.c1ccc(C[N-]C([N-]C2CCCCC2)P(c2ccccc2)c2ccccc2)cc1. The molecule has 0 saturated heterocycles. The largest absolute Gasteiger partial charge is 0.671 e. The van der Waals surface area contributed by atoms with Crippen molar-refractivity contribution in [1.82, 2.24) is 0 Å². The molecule has 3 aliphatic carbocycles. The Morgan fingerprint density at radius 3 is 1.00 bits per heavy atom. The Balaban J connectivity index is 0.000000219. The second kappa shape index (κ2) is 37.7. The van der Waals surface area contributed by atoms with Gasteiger partial charge in [0, 0.05) is 38.0 Å². The zero-order valence-corrected chi connectivity index (χ0v) is 51.4. The summed E-state index contributed by atoms with van der Waals surface area (Å²) in [7, 11) is -1.34. The van der Waals surface area contributed by atoms with E-state index in [2.05, 4.69) is 219 Å². The minimum atomic E-state index is -0.669. The Morgan fingerprint density at radius 2 is 0.679 bits per heavy atom. The fourth-order valence-electron chi connectivity index (χ4n) is 10.5. The van der Waals surface area contributed by atoms with Crippen LogP contribution >= 0.6 is 15.8 Å². The van der Waals surface area contributed by atoms with Crippen molar-refractivity contribution in [1.29, 1.82) is 0 Å². The van der Waals surface area contributed by atoms with Crippen molar-refractivity contribution in [2.24, 2.45) is 4.99 Å². The van der Waals surface area contributed by atoms with Crippen LogP contribution in [0, 0.1) is 14.9 Å². The molecule has 10 rings (SSSR count). The maximum Gasteiger partial charge on any atom is 0.0498 e. The molecule has 2 atom stereocenters. The molecule has 0 aromatic heterocycles. The van der Waals surface area contributed by atoms with Gasteiger partial charge in [0.05, 0.1) is 0 Å². The molecule has 3 fully saturated rings. The third-order valence-corrected chi connectivity index (χ3v) is 19.5. The van der Waals surface area contributed by atoms with Gasteiger partial charge in [0.15, 0.2) is 0 Å². The third-order valence-electron chi connectivity index (χ3n) is 14.6. The summed E-state index contributed by atoms with van der Waals surface area (Å²) < 4.78 is 0. The zero-order valence-electron chi connectivity index (χ0n) is 47.2. The summed E-state index contributed by atoms with van der Waals surface area (Å²) in [4.78, 5) is 4.87. The average molecular weight is 1150 g/mol. The van der Waals surface area contributed by atoms with Gasteiger partial charge in [-0.1, -0.05) is 323 Å². The summed E-state index contributed by atoms with van der Waals surface area (Å²) in [5.41, 5.74) is 5.27. The molecule has 7 aromatic carbocycles. The van der Waals surface area contributed by atoms with Crippen LogP contribution in [-0.4, -0.2) is 35.7 Å². The van der Waals surface area contributed by atoms with E-state index >= 15 is 0 Å². The third kappa shape index (κ3) is 22.4. The van der Waals surface area contributed by atoms with Gasteiger partial charge >= 0.3 is 0 Å². The van der Waals surface area contributed by atoms with Crippen LogP contribution in [0.15, 0.2) is 217 Å². The standard InChI is InChI=1S/2C26H29N2P.C16H23N.2CH3.Zr/c2*1-5-13-22(14-6-1)21-27-26(28-23-15-7-2-8-16-23)29(24-17-9-3-10-18-24)25-19-11-4-12-20-25;1-14(17-16-10-6-3-7-11-16)12-13-15-8-4-2-5-9-15;;;/h2*1,3-6,9-14,17-20,23,26H,2,7-8,15-16,21H2;2,4-5,8-9,16H,3,6-7,10-13H2,1H3;2*1H3;/q2*-2;;2*-1;. The minimum Gasteiger partial charge on any atom is -0.671 e. The molecule has 0 bridgehead atoms. The maximum atomic E-state index is 5.37. The molecule has 0 N–H and O–H groups in total. The van der Waals surface area contributed by atoms with Gasteiger partial charge in [0.2, 0.25) is 0 Å². The van der Waals surface area contributed by atoms with Crippen molar-refractivity contribution in [3.8, 4) is 0 Å². The molecule has 0 radical (unpaired) electrons. The first-order chi connectivity index (χ1) is 37.1. The fourth-order valence-corrected chi connectivity index (χ4v) is 15.3. The number of hydrogen-bond donors (Lipinski definition) is 0. The van der Waals surface area contributed by atoms with Crippen LogP contribution in [0.25, 0.3) is 21.3 Å². The molecule has 7 aromatic rings. The second-order valence-corrected chi connectivity index (χ2v) is 24.9. The fraction of sp³-hybridized carbons (Fsp3) is 0.357. The van der Waals surface area contributed by atoms with Gasteiger partial charge in [-0.15, -0.1) is 25.2 Å². The molecule has 5 nitrogen and oxygen atoms in total. The second-order valence-electron chi connectivity index (χ2n) is 20.5. The summed E-state index contributed by atoms with van der Waals surface area (Å²) in [5.74, 6) is -0.00351. The zero-order chi connectivity index (χ0) is 51.4. The van der Waals surface area contributed by atoms with E-state index in [1.165, 1.54) is 140 Å². The average Bonchev–Trinajstić information content (AvgIpc) is 3.48. The van der Waals surface area contributed by atoms with E-state index in [1.807, 2.05) is 0 Å². The summed E-state index contributed by atoms with van der Waals surface area (Å²) in [6.07, 6.45) is 21.8. The van der Waals surface area contributed by atoms with Crippen LogP contribution in [0.4, 0.5) is 0 Å². The summed E-state index contributed by atoms with van der Waals surface area (Å²) in [5, 5.41) is 26.6. The molecule has 0 amide bonds. The molecule has 8 heteroatoms. The van der Waals surface area contributed by atoms with Gasteiger partial charge in [0.25, 0.3) is 0 Å². The molecule has 412 valence electrons. The van der Waals surface area contributed by atoms with Gasteiger partial charge in [-0.2, -0.15) is 0 Å². The van der Waals surface area contributed by atoms with Crippen LogP contribution in [0.2, 0.25) is 0 Å². The molecular weight excluding hydrogens is 1060 g/mol. The normalized spacial score (nSPS) is 15.9. The van der Waals surface area contributed by atoms with Gasteiger partial charge < -0.3 is 36.1 Å². The Bertz CT molecular complexity index is 2350. The molecule has 0 spiro atoms. The number of benzene rings is 7. The minimum absolute atomic E-state index is 0. The number of nitrogens with zero attached hydrogens (tertiary/aromatic N) is 5. The van der Waals surface area contributed by atoms with E-state index in [0.717, 1.165) is 25.9 Å². The molecular formula is C70H87N5P2Zr-6. The van der Waals surface area contributed by atoms with Crippen molar-refractivity contribution in [2.45, 2.75) is 159 Å². The molecule has 0 heterocycles. The van der Waals surface area contributed by atoms with Crippen molar-refractivity contribution < 1.29 is 26.2 Å². The van der Waals surface area contributed by atoms with Crippen LogP contribution in [0.3, 0.4) is 0 Å². The van der Waals surface area contributed by atoms with Gasteiger partial charge in [-0.05, 0) is 59.4 Å². The van der Waals surface area contributed by atoms with Crippen LogP contribution in [0.5, 0.6) is 0 Å². The molecule has 3 aliphatic rings. The van der Waals surface area contributed by atoms with Crippen LogP contribution in [0.1, 0.15) is 126 Å². The van der Waals surface area contributed by atoms with Gasteiger partial charge in [0.1, 0.15) is 0 Å². The van der Waals surface area contributed by atoms with E-state index < -0.39 is 15.8 Å². The van der Waals surface area contributed by atoms with Crippen LogP contribution < -0.4 is 21.2 Å². The monoisotopic (exact) mass is 1150 g/mol. The van der Waals surface area contributed by atoms with E-state index in [4.69, 9.17) is 26.3 Å². The number of hydrogen-bond acceptors (Lipinski definition) is 1. The van der Waals surface area contributed by atoms with E-state index in [0.29, 0.717) is 18.1 Å². The molecule has 78 heavy (non-hydrogen) atoms. The first kappa shape index (κ1) is 64.6. The number of aliphatic imine (C=N–C) groups is 1. The van der Waals surface area contributed by atoms with E-state index in [9.17, 15) is 0 Å². The summed E-state index contributed by atoms with van der Waals surface area (Å²) >= 11 is 0. The Morgan fingerprint density at radius 1 is 0.397 bits per heavy atom. The molecule has 3 saturated carbocycles. The Labute approximate surface area is 494 Å². The van der Waals surface area contributed by atoms with Crippen molar-refractivity contribution in [3.05, 3.63) is 265 Å². The van der Waals surface area contributed by atoms with E-state index in [1.54, 1.807) is 0 Å². The Kier molecular flexibility index (Phi) is 31.2. The van der Waals surface area contributed by atoms with Crippen molar-refractivity contribution in [3.63, 3.8) is 0 Å². The first-order valence-corrected chi connectivity index (χ1v) is 31.1. The molecule has 2 unspecified atom stereocenters. The first-order valence-electron chi connectivity index (χ1n) is 28.3. The topological polar surface area (TPSA) is 68.8 Å². The quantitative estimate of drug-likeness (QED) is 0.0415. The number of rotatable bonds is 20. The van der Waals surface area contributed by atoms with Gasteiger partial charge in [-0.25, -0.2) is 11.8 Å². The molecule has 0 aliphatic heterocycles. The predicted octanol–water partition coefficient (Wildman–Crippen LogP) is 18.7. The number of aryl methyl sites for hydroxylation is 1. The Hall–Kier alpha value is -4.21. The maximum absolute atomic E-state index is 5.37.